The van der Waals surface area contributed by atoms with Gasteiger partial charge in [0.05, 0.1) is 21.9 Å². The molecule has 22 heavy (non-hydrogen) atoms. The smallest absolute Gasteiger partial charge is 0.0812 e. The molecule has 2 N–H and O–H groups in total. The van der Waals surface area contributed by atoms with Gasteiger partial charge in [-0.3, -0.25) is 0 Å². The van der Waals surface area contributed by atoms with Crippen LogP contribution in [0.5, 0.6) is 0 Å². The third-order valence-corrected chi connectivity index (χ3v) is 3.59. The Morgan fingerprint density at radius 2 is 1.64 bits per heavy atom. The minimum atomic E-state index is 1.00. The Labute approximate surface area is 132 Å². The van der Waals surface area contributed by atoms with Crippen molar-refractivity contribution < 1.29 is 0 Å². The van der Waals surface area contributed by atoms with Crippen molar-refractivity contribution in [3.63, 3.8) is 0 Å². The molecule has 0 fully saturated rings. The van der Waals surface area contributed by atoms with Crippen LogP contribution < -0.4 is 5.84 Å². The number of rotatable bonds is 2. The van der Waals surface area contributed by atoms with Crippen LogP contribution in [0.2, 0.25) is 0 Å². The molecule has 0 aliphatic rings. The third-order valence-electron chi connectivity index (χ3n) is 2.80. The van der Waals surface area contributed by atoms with Crippen molar-refractivity contribution in [1.82, 2.24) is 4.98 Å². The van der Waals surface area contributed by atoms with E-state index in [2.05, 4.69) is 53.6 Å². The maximum absolute atomic E-state index is 6.50. The summed E-state index contributed by atoms with van der Waals surface area (Å²) in [6, 6.07) is 14.5. The molecule has 0 saturated heterocycles. The van der Waals surface area contributed by atoms with Crippen LogP contribution in [0.4, 0.5) is 0 Å². The molecule has 1 heterocycles. The number of benzene rings is 2. The quantitative estimate of drug-likeness (QED) is 0.444. The van der Waals surface area contributed by atoms with E-state index in [0.29, 0.717) is 0 Å². The van der Waals surface area contributed by atoms with Crippen LogP contribution in [-0.4, -0.2) is 11.2 Å². The van der Waals surface area contributed by atoms with Gasteiger partial charge in [-0.2, -0.15) is 5.10 Å². The number of nitriles is 2. The predicted molar refractivity (Wildman–Crippen MR) is 90.2 cm³/mol. The van der Waals surface area contributed by atoms with Gasteiger partial charge in [0.25, 0.3) is 0 Å². The number of hydrazone groups is 1. The van der Waals surface area contributed by atoms with Gasteiger partial charge in [-0.25, -0.2) is 15.5 Å². The van der Waals surface area contributed by atoms with Crippen LogP contribution in [0.15, 0.2) is 53.1 Å². The minimum absolute atomic E-state index is 1.00. The summed E-state index contributed by atoms with van der Waals surface area (Å²) in [5, 5.41) is 16.5. The Morgan fingerprint density at radius 3 is 2.27 bits per heavy atom. The van der Waals surface area contributed by atoms with E-state index in [9.17, 15) is 0 Å². The SMILES string of the molecule is C#N.C#N.NN=Cc1ccc(-c2ccc3ncsc3c2)cc1. The van der Waals surface area contributed by atoms with Gasteiger partial charge in [0.1, 0.15) is 0 Å². The van der Waals surface area contributed by atoms with E-state index in [-0.39, 0.29) is 0 Å². The number of nitrogens with zero attached hydrogens (tertiary/aromatic N) is 4. The lowest BCUT2D eigenvalue weighted by molar-refractivity contribution is 1.26. The summed E-state index contributed by atoms with van der Waals surface area (Å²) in [4.78, 5) is 4.28. The number of hydrogen-bond acceptors (Lipinski definition) is 6. The van der Waals surface area contributed by atoms with Crippen molar-refractivity contribution >= 4 is 27.8 Å². The van der Waals surface area contributed by atoms with Gasteiger partial charge in [-0.15, -0.1) is 11.3 Å². The first-order valence-corrected chi connectivity index (χ1v) is 6.93. The Morgan fingerprint density at radius 1 is 1.00 bits per heavy atom. The zero-order valence-electron chi connectivity index (χ0n) is 11.6. The molecule has 6 heteroatoms. The van der Waals surface area contributed by atoms with E-state index in [0.717, 1.165) is 11.1 Å². The predicted octanol–water partition coefficient (Wildman–Crippen LogP) is 3.54. The van der Waals surface area contributed by atoms with Crippen LogP contribution in [0.25, 0.3) is 21.3 Å². The van der Waals surface area contributed by atoms with Crippen LogP contribution in [-0.2, 0) is 0 Å². The van der Waals surface area contributed by atoms with E-state index < -0.39 is 0 Å². The molecule has 0 radical (unpaired) electrons. The van der Waals surface area contributed by atoms with Crippen molar-refractivity contribution in [3.05, 3.63) is 53.5 Å². The highest BCUT2D eigenvalue weighted by molar-refractivity contribution is 7.16. The van der Waals surface area contributed by atoms with Gasteiger partial charge in [-0.05, 0) is 28.8 Å². The van der Waals surface area contributed by atoms with Crippen molar-refractivity contribution in [2.45, 2.75) is 0 Å². The molecule has 3 aromatic rings. The number of fused-ring (bicyclic) bond motifs is 1. The Bertz CT molecular complexity index is 778. The first-order valence-electron chi connectivity index (χ1n) is 6.05. The maximum Gasteiger partial charge on any atom is 0.0812 e. The second-order valence-corrected chi connectivity index (χ2v) is 4.82. The Kier molecular flexibility index (Phi) is 6.77. The first-order chi connectivity index (χ1) is 10.9. The fraction of sp³-hybridized carbons (Fsp3) is 0. The lowest BCUT2D eigenvalue weighted by atomic mass is 10.0. The molecule has 1 aromatic heterocycles. The lowest BCUT2D eigenvalue weighted by Crippen LogP contribution is -1.86. The summed E-state index contributed by atoms with van der Waals surface area (Å²) in [7, 11) is 0. The summed E-state index contributed by atoms with van der Waals surface area (Å²) in [6.07, 6.45) is 1.64. The van der Waals surface area contributed by atoms with Gasteiger partial charge in [0.15, 0.2) is 0 Å². The third kappa shape index (κ3) is 3.89. The van der Waals surface area contributed by atoms with Crippen molar-refractivity contribution in [2.24, 2.45) is 10.9 Å². The molecule has 0 bridgehead atoms. The fourth-order valence-electron chi connectivity index (χ4n) is 1.88. The molecule has 0 unspecified atom stereocenters. The van der Waals surface area contributed by atoms with E-state index >= 15 is 0 Å². The van der Waals surface area contributed by atoms with Crippen LogP contribution in [0.3, 0.4) is 0 Å². The van der Waals surface area contributed by atoms with Gasteiger partial charge >= 0.3 is 0 Å². The standard InChI is InChI=1S/C14H11N3S.2CHN/c15-17-8-10-1-3-11(4-2-10)12-5-6-13-14(7-12)18-9-16-13;2*1-2/h1-9H,15H2;2*1H. The minimum Gasteiger partial charge on any atom is -0.323 e. The first kappa shape index (κ1) is 16.8. The van der Waals surface area contributed by atoms with Gasteiger partial charge in [0.2, 0.25) is 0 Å². The largest absolute Gasteiger partial charge is 0.323 e. The number of aromatic nitrogens is 1. The van der Waals surface area contributed by atoms with Gasteiger partial charge < -0.3 is 5.84 Å². The van der Waals surface area contributed by atoms with Gasteiger partial charge in [0, 0.05) is 13.1 Å². The normalized spacial score (nSPS) is 9.45. The van der Waals surface area contributed by atoms with E-state index in [1.807, 2.05) is 17.6 Å². The van der Waals surface area contributed by atoms with Crippen molar-refractivity contribution in [3.8, 4) is 24.3 Å². The molecule has 0 saturated carbocycles. The van der Waals surface area contributed by atoms with Gasteiger partial charge in [-0.1, -0.05) is 30.3 Å². The van der Waals surface area contributed by atoms with Crippen LogP contribution in [0.1, 0.15) is 5.56 Å². The number of thiazole rings is 1. The van der Waals surface area contributed by atoms with Crippen LogP contribution >= 0.6 is 11.3 Å². The molecule has 0 spiro atoms. The van der Waals surface area contributed by atoms with E-state index in [1.165, 1.54) is 15.8 Å². The molecule has 5 nitrogen and oxygen atoms in total. The summed E-state index contributed by atoms with van der Waals surface area (Å²) in [6.45, 7) is 7.00. The topological polar surface area (TPSA) is 98.8 Å². The number of hydrogen-bond donors (Lipinski definition) is 1. The molecule has 0 aliphatic heterocycles. The Hall–Kier alpha value is -3.22. The highest BCUT2D eigenvalue weighted by Gasteiger charge is 2.01. The van der Waals surface area contributed by atoms with E-state index in [1.54, 1.807) is 17.6 Å². The highest BCUT2D eigenvalue weighted by Crippen LogP contribution is 2.26. The second kappa shape index (κ2) is 8.85. The number of nitrogens with two attached hydrogens (primary N) is 1. The monoisotopic (exact) mass is 307 g/mol. The summed E-state index contributed by atoms with van der Waals surface area (Å²) >= 11 is 1.66. The average molecular weight is 307 g/mol. The molecule has 108 valence electrons. The lowest BCUT2D eigenvalue weighted by Gasteiger charge is -2.02. The summed E-state index contributed by atoms with van der Waals surface area (Å²) < 4.78 is 1.21. The average Bonchev–Trinajstić information content (AvgIpc) is 3.07. The van der Waals surface area contributed by atoms with Crippen molar-refractivity contribution in [2.75, 3.05) is 0 Å². The molecule has 0 amide bonds. The molecule has 0 atom stereocenters. The summed E-state index contributed by atoms with van der Waals surface area (Å²) in [5.41, 5.74) is 6.30. The fourth-order valence-corrected chi connectivity index (χ4v) is 2.60. The van der Waals surface area contributed by atoms with E-state index in [4.69, 9.17) is 16.4 Å². The zero-order valence-corrected chi connectivity index (χ0v) is 12.4. The molecule has 3 rings (SSSR count). The molecule has 2 aromatic carbocycles. The van der Waals surface area contributed by atoms with Crippen LogP contribution in [0, 0.1) is 23.7 Å². The molecule has 0 aliphatic carbocycles. The maximum atomic E-state index is 6.50. The molecular formula is C16H13N5S. The van der Waals surface area contributed by atoms with Crippen molar-refractivity contribution in [1.29, 1.82) is 10.5 Å². The second-order valence-electron chi connectivity index (χ2n) is 3.94. The highest BCUT2D eigenvalue weighted by atomic mass is 32.1. The summed E-state index contributed by atoms with van der Waals surface area (Å²) in [5.74, 6) is 5.12. The zero-order chi connectivity index (χ0) is 16.4. The Balaban J connectivity index is 0.000000561. The molecular weight excluding hydrogens is 294 g/mol.